The van der Waals surface area contributed by atoms with Crippen molar-refractivity contribution in [2.24, 2.45) is 5.73 Å². The number of rotatable bonds is 6. The van der Waals surface area contributed by atoms with Gasteiger partial charge in [0.2, 0.25) is 0 Å². The topological polar surface area (TPSA) is 38.5 Å². The van der Waals surface area contributed by atoms with Crippen LogP contribution >= 0.6 is 0 Å². The minimum absolute atomic E-state index is 0.205. The summed E-state index contributed by atoms with van der Waals surface area (Å²) in [4.78, 5) is 2.13. The van der Waals surface area contributed by atoms with Crippen LogP contribution in [0.3, 0.4) is 0 Å². The summed E-state index contributed by atoms with van der Waals surface area (Å²) in [5.41, 5.74) is 6.64. The molecular weight excluding hydrogens is 219 g/mol. The molecule has 0 spiro atoms. The predicted molar refractivity (Wildman–Crippen MR) is 67.2 cm³/mol. The van der Waals surface area contributed by atoms with Crippen LogP contribution in [0.5, 0.6) is 0 Å². The third-order valence-electron chi connectivity index (χ3n) is 3.15. The van der Waals surface area contributed by atoms with E-state index in [0.717, 1.165) is 12.1 Å². The van der Waals surface area contributed by atoms with Crippen molar-refractivity contribution < 1.29 is 9.13 Å². The number of benzene rings is 1. The molecule has 0 aromatic heterocycles. The maximum absolute atomic E-state index is 12.8. The van der Waals surface area contributed by atoms with E-state index in [1.807, 2.05) is 7.05 Å². The number of halogens is 1. The predicted octanol–water partition coefficient (Wildman–Crippen LogP) is 1.62. The standard InChI is InChI=1S/C13H21FN2O/c1-13(9-15,10-17-3)16(2)8-11-4-6-12(14)7-5-11/h4-7H,8-10,15H2,1-3H3. The Morgan fingerprint density at radius 3 is 2.41 bits per heavy atom. The van der Waals surface area contributed by atoms with Crippen LogP contribution < -0.4 is 5.73 Å². The lowest BCUT2D eigenvalue weighted by Gasteiger charge is -2.37. The summed E-state index contributed by atoms with van der Waals surface area (Å²) >= 11 is 0. The summed E-state index contributed by atoms with van der Waals surface area (Å²) in [6.07, 6.45) is 0. The highest BCUT2D eigenvalue weighted by atomic mass is 19.1. The van der Waals surface area contributed by atoms with Crippen LogP contribution in [0.25, 0.3) is 0 Å². The second-order valence-corrected chi connectivity index (χ2v) is 4.62. The number of ether oxygens (including phenoxy) is 1. The van der Waals surface area contributed by atoms with Gasteiger partial charge in [-0.3, -0.25) is 4.90 Å². The van der Waals surface area contributed by atoms with Crippen molar-refractivity contribution in [3.05, 3.63) is 35.6 Å². The molecule has 0 aliphatic rings. The van der Waals surface area contributed by atoms with Crippen molar-refractivity contribution >= 4 is 0 Å². The third kappa shape index (κ3) is 3.77. The first-order valence-corrected chi connectivity index (χ1v) is 5.66. The number of hydrogen-bond acceptors (Lipinski definition) is 3. The summed E-state index contributed by atoms with van der Waals surface area (Å²) in [6, 6.07) is 6.52. The van der Waals surface area contributed by atoms with E-state index in [0.29, 0.717) is 13.2 Å². The number of likely N-dealkylation sites (N-methyl/N-ethyl adjacent to an activating group) is 1. The summed E-state index contributed by atoms with van der Waals surface area (Å²) in [7, 11) is 3.66. The number of methoxy groups -OCH3 is 1. The second kappa shape index (κ2) is 6.10. The van der Waals surface area contributed by atoms with Crippen molar-refractivity contribution in [2.75, 3.05) is 27.3 Å². The van der Waals surface area contributed by atoms with Gasteiger partial charge in [0.25, 0.3) is 0 Å². The quantitative estimate of drug-likeness (QED) is 0.821. The van der Waals surface area contributed by atoms with Crippen LogP contribution in [0.15, 0.2) is 24.3 Å². The van der Waals surface area contributed by atoms with Crippen LogP contribution in [-0.2, 0) is 11.3 Å². The highest BCUT2D eigenvalue weighted by Gasteiger charge is 2.27. The Hall–Kier alpha value is -0.970. The normalized spacial score (nSPS) is 14.9. The molecule has 1 atom stereocenters. The Balaban J connectivity index is 2.69. The van der Waals surface area contributed by atoms with Gasteiger partial charge in [-0.2, -0.15) is 0 Å². The number of hydrogen-bond donors (Lipinski definition) is 1. The van der Waals surface area contributed by atoms with Gasteiger partial charge in [-0.1, -0.05) is 12.1 Å². The average Bonchev–Trinajstić information content (AvgIpc) is 2.32. The Morgan fingerprint density at radius 2 is 1.94 bits per heavy atom. The Kier molecular flexibility index (Phi) is 5.05. The molecule has 4 heteroatoms. The van der Waals surface area contributed by atoms with Gasteiger partial charge < -0.3 is 10.5 Å². The van der Waals surface area contributed by atoms with Gasteiger partial charge in [-0.15, -0.1) is 0 Å². The minimum Gasteiger partial charge on any atom is -0.383 e. The largest absolute Gasteiger partial charge is 0.383 e. The molecule has 0 radical (unpaired) electrons. The SMILES string of the molecule is COCC(C)(CN)N(C)Cc1ccc(F)cc1. The highest BCUT2D eigenvalue weighted by Crippen LogP contribution is 2.16. The van der Waals surface area contributed by atoms with E-state index in [4.69, 9.17) is 10.5 Å². The highest BCUT2D eigenvalue weighted by molar-refractivity contribution is 5.16. The Bertz CT molecular complexity index is 342. The van der Waals surface area contributed by atoms with E-state index >= 15 is 0 Å². The zero-order chi connectivity index (χ0) is 12.9. The summed E-state index contributed by atoms with van der Waals surface area (Å²) in [6.45, 7) is 3.86. The fourth-order valence-corrected chi connectivity index (χ4v) is 1.69. The molecule has 3 nitrogen and oxygen atoms in total. The zero-order valence-electron chi connectivity index (χ0n) is 10.7. The van der Waals surface area contributed by atoms with E-state index in [2.05, 4.69) is 11.8 Å². The molecule has 17 heavy (non-hydrogen) atoms. The maximum Gasteiger partial charge on any atom is 0.123 e. The van der Waals surface area contributed by atoms with Gasteiger partial charge in [-0.25, -0.2) is 4.39 Å². The lowest BCUT2D eigenvalue weighted by molar-refractivity contribution is 0.0390. The number of nitrogens with two attached hydrogens (primary N) is 1. The van der Waals surface area contributed by atoms with Crippen molar-refractivity contribution in [3.63, 3.8) is 0 Å². The first kappa shape index (κ1) is 14.1. The molecule has 1 rings (SSSR count). The third-order valence-corrected chi connectivity index (χ3v) is 3.15. The van der Waals surface area contributed by atoms with Crippen LogP contribution in [0.1, 0.15) is 12.5 Å². The molecule has 0 heterocycles. The van der Waals surface area contributed by atoms with E-state index in [-0.39, 0.29) is 11.4 Å². The number of nitrogens with zero attached hydrogens (tertiary/aromatic N) is 1. The molecular formula is C13H21FN2O. The first-order valence-electron chi connectivity index (χ1n) is 5.66. The van der Waals surface area contributed by atoms with E-state index in [1.165, 1.54) is 12.1 Å². The van der Waals surface area contributed by atoms with Crippen molar-refractivity contribution in [1.82, 2.24) is 4.90 Å². The Labute approximate surface area is 102 Å². The van der Waals surface area contributed by atoms with Crippen LogP contribution in [0, 0.1) is 5.82 Å². The first-order chi connectivity index (χ1) is 8.01. The van der Waals surface area contributed by atoms with Gasteiger partial charge in [-0.05, 0) is 31.7 Å². The lowest BCUT2D eigenvalue weighted by Crippen LogP contribution is -2.52. The van der Waals surface area contributed by atoms with Gasteiger partial charge in [0.1, 0.15) is 5.82 Å². The molecule has 0 saturated carbocycles. The average molecular weight is 240 g/mol. The molecule has 96 valence electrons. The van der Waals surface area contributed by atoms with E-state index in [9.17, 15) is 4.39 Å². The molecule has 1 unspecified atom stereocenters. The molecule has 0 aliphatic carbocycles. The molecule has 1 aromatic carbocycles. The molecule has 2 N–H and O–H groups in total. The van der Waals surface area contributed by atoms with Crippen LogP contribution in [0.2, 0.25) is 0 Å². The second-order valence-electron chi connectivity index (χ2n) is 4.62. The molecule has 0 bridgehead atoms. The van der Waals surface area contributed by atoms with Crippen molar-refractivity contribution in [1.29, 1.82) is 0 Å². The van der Waals surface area contributed by atoms with Gasteiger partial charge >= 0.3 is 0 Å². The maximum atomic E-state index is 12.8. The summed E-state index contributed by atoms with van der Waals surface area (Å²) < 4.78 is 18.0. The van der Waals surface area contributed by atoms with Crippen molar-refractivity contribution in [3.8, 4) is 0 Å². The minimum atomic E-state index is -0.213. The zero-order valence-corrected chi connectivity index (χ0v) is 10.7. The van der Waals surface area contributed by atoms with Gasteiger partial charge in [0.15, 0.2) is 0 Å². The summed E-state index contributed by atoms with van der Waals surface area (Å²) in [5.74, 6) is -0.213. The fourth-order valence-electron chi connectivity index (χ4n) is 1.69. The summed E-state index contributed by atoms with van der Waals surface area (Å²) in [5, 5.41) is 0. The Morgan fingerprint density at radius 1 is 1.35 bits per heavy atom. The molecule has 0 fully saturated rings. The monoisotopic (exact) mass is 240 g/mol. The van der Waals surface area contributed by atoms with Crippen LogP contribution in [0.4, 0.5) is 4.39 Å². The lowest BCUT2D eigenvalue weighted by atomic mass is 10.0. The molecule has 0 amide bonds. The van der Waals surface area contributed by atoms with Crippen LogP contribution in [-0.4, -0.2) is 37.7 Å². The van der Waals surface area contributed by atoms with E-state index < -0.39 is 0 Å². The van der Waals surface area contributed by atoms with Gasteiger partial charge in [0, 0.05) is 20.2 Å². The molecule has 1 aromatic rings. The van der Waals surface area contributed by atoms with E-state index in [1.54, 1.807) is 19.2 Å². The van der Waals surface area contributed by atoms with Crippen molar-refractivity contribution in [2.45, 2.75) is 19.0 Å². The molecule has 0 saturated heterocycles. The molecule has 0 aliphatic heterocycles. The van der Waals surface area contributed by atoms with Gasteiger partial charge in [0.05, 0.1) is 12.1 Å². The fraction of sp³-hybridized carbons (Fsp3) is 0.538. The smallest absolute Gasteiger partial charge is 0.123 e.